The molecule has 0 spiro atoms. The number of pyridine rings is 2. The number of nitrogens with zero attached hydrogens (tertiary/aromatic N) is 1. The van der Waals surface area contributed by atoms with Crippen LogP contribution in [0, 0.1) is 12.3 Å². The van der Waals surface area contributed by atoms with Gasteiger partial charge in [0.15, 0.2) is 12.4 Å². The van der Waals surface area contributed by atoms with Gasteiger partial charge in [-0.1, -0.05) is 5.92 Å². The van der Waals surface area contributed by atoms with Gasteiger partial charge in [0.05, 0.1) is 5.69 Å². The molecule has 110 valence electrons. The molecule has 0 fully saturated rings. The van der Waals surface area contributed by atoms with Gasteiger partial charge >= 0.3 is 0 Å². The molecule has 0 saturated carbocycles. The summed E-state index contributed by atoms with van der Waals surface area (Å²) in [5, 5.41) is 3.37. The standard InChI is InChI=1S/C18H14N2O.BrH/c1-2-13-21-18-8-6-15(7-9-18)19-16-10-12-20-11-4-3-5-17(20)14-16;/h1,3-12,14H,13H2;1H. The van der Waals surface area contributed by atoms with Crippen LogP contribution in [0.5, 0.6) is 5.75 Å². The number of hydrogen-bond donors (Lipinski definition) is 1. The van der Waals surface area contributed by atoms with Gasteiger partial charge in [0.2, 0.25) is 5.52 Å². The Balaban J connectivity index is 0.00000176. The average Bonchev–Trinajstić information content (AvgIpc) is 2.54. The summed E-state index contributed by atoms with van der Waals surface area (Å²) in [5.41, 5.74) is 3.18. The van der Waals surface area contributed by atoms with Gasteiger partial charge in [0.25, 0.3) is 0 Å². The Bertz CT molecular complexity index is 794. The van der Waals surface area contributed by atoms with Crippen molar-refractivity contribution >= 4 is 16.9 Å². The molecule has 0 atom stereocenters. The second-order valence-electron chi connectivity index (χ2n) is 4.59. The molecule has 2 aromatic heterocycles. The van der Waals surface area contributed by atoms with E-state index in [4.69, 9.17) is 11.2 Å². The predicted octanol–water partition coefficient (Wildman–Crippen LogP) is 0.185. The lowest BCUT2D eigenvalue weighted by atomic mass is 10.2. The highest BCUT2D eigenvalue weighted by molar-refractivity contribution is 5.63. The van der Waals surface area contributed by atoms with Crippen LogP contribution in [0.1, 0.15) is 0 Å². The zero-order valence-electron chi connectivity index (χ0n) is 11.9. The molecule has 0 saturated heterocycles. The van der Waals surface area contributed by atoms with Crippen LogP contribution in [0.3, 0.4) is 0 Å². The van der Waals surface area contributed by atoms with Crippen LogP contribution in [0.4, 0.5) is 11.4 Å². The fourth-order valence-electron chi connectivity index (χ4n) is 2.10. The van der Waals surface area contributed by atoms with Crippen molar-refractivity contribution in [2.45, 2.75) is 0 Å². The van der Waals surface area contributed by atoms with E-state index < -0.39 is 0 Å². The minimum absolute atomic E-state index is 0. The highest BCUT2D eigenvalue weighted by atomic mass is 79.9. The minimum atomic E-state index is 0. The first-order valence-corrected chi connectivity index (χ1v) is 6.68. The summed E-state index contributed by atoms with van der Waals surface area (Å²) in [4.78, 5) is 0. The van der Waals surface area contributed by atoms with E-state index in [1.165, 1.54) is 0 Å². The molecule has 2 heterocycles. The van der Waals surface area contributed by atoms with Crippen LogP contribution in [-0.4, -0.2) is 6.61 Å². The van der Waals surface area contributed by atoms with Crippen LogP contribution in [-0.2, 0) is 0 Å². The van der Waals surface area contributed by atoms with Gasteiger partial charge < -0.3 is 27.0 Å². The normalized spacial score (nSPS) is 9.59. The molecule has 0 aliphatic heterocycles. The van der Waals surface area contributed by atoms with Crippen molar-refractivity contribution in [2.75, 3.05) is 11.9 Å². The lowest BCUT2D eigenvalue weighted by Gasteiger charge is -2.07. The molecule has 1 aromatic carbocycles. The summed E-state index contributed by atoms with van der Waals surface area (Å²) < 4.78 is 7.42. The fourth-order valence-corrected chi connectivity index (χ4v) is 2.10. The highest BCUT2D eigenvalue weighted by Crippen LogP contribution is 2.20. The molecule has 3 rings (SSSR count). The number of rotatable bonds is 4. The molecule has 22 heavy (non-hydrogen) atoms. The molecule has 0 bridgehead atoms. The molecule has 3 nitrogen and oxygen atoms in total. The number of nitrogens with one attached hydrogen (secondary N) is 1. The van der Waals surface area contributed by atoms with Gasteiger partial charge in [0.1, 0.15) is 12.4 Å². The van der Waals surface area contributed by atoms with Crippen molar-refractivity contribution in [3.8, 4) is 18.1 Å². The Morgan fingerprint density at radius 1 is 1.00 bits per heavy atom. The number of ether oxygens (including phenoxy) is 1. The number of fused-ring (bicyclic) bond motifs is 1. The number of anilines is 2. The van der Waals surface area contributed by atoms with Gasteiger partial charge in [-0.3, -0.25) is 0 Å². The molecule has 0 unspecified atom stereocenters. The van der Waals surface area contributed by atoms with Gasteiger partial charge in [-0.25, -0.2) is 0 Å². The quantitative estimate of drug-likeness (QED) is 0.534. The largest absolute Gasteiger partial charge is 1.00 e. The minimum Gasteiger partial charge on any atom is -1.00 e. The summed E-state index contributed by atoms with van der Waals surface area (Å²) in [5.74, 6) is 3.22. The van der Waals surface area contributed by atoms with Crippen molar-refractivity contribution < 1.29 is 26.1 Å². The van der Waals surface area contributed by atoms with Gasteiger partial charge in [-0.05, 0) is 30.3 Å². The lowest BCUT2D eigenvalue weighted by molar-refractivity contribution is -0.511. The Hall–Kier alpha value is -2.51. The van der Waals surface area contributed by atoms with E-state index in [1.807, 2.05) is 54.9 Å². The summed E-state index contributed by atoms with van der Waals surface area (Å²) >= 11 is 0. The zero-order valence-corrected chi connectivity index (χ0v) is 13.5. The highest BCUT2D eigenvalue weighted by Gasteiger charge is 2.03. The zero-order chi connectivity index (χ0) is 14.5. The van der Waals surface area contributed by atoms with E-state index in [9.17, 15) is 0 Å². The van der Waals surface area contributed by atoms with Crippen molar-refractivity contribution in [3.63, 3.8) is 0 Å². The van der Waals surface area contributed by atoms with Crippen LogP contribution in [0.2, 0.25) is 0 Å². The number of halogens is 1. The van der Waals surface area contributed by atoms with Crippen molar-refractivity contribution in [3.05, 3.63) is 67.0 Å². The molecule has 1 N–H and O–H groups in total. The number of terminal acetylenes is 1. The second kappa shape index (κ2) is 7.48. The van der Waals surface area contributed by atoms with E-state index in [-0.39, 0.29) is 23.6 Å². The Kier molecular flexibility index (Phi) is 5.40. The average molecular weight is 355 g/mol. The lowest BCUT2D eigenvalue weighted by Crippen LogP contribution is -3.00. The van der Waals surface area contributed by atoms with Crippen LogP contribution >= 0.6 is 0 Å². The van der Waals surface area contributed by atoms with Gasteiger partial charge in [-0.15, -0.1) is 6.42 Å². The Morgan fingerprint density at radius 3 is 2.59 bits per heavy atom. The molecule has 0 amide bonds. The van der Waals surface area contributed by atoms with E-state index in [2.05, 4.69) is 27.8 Å². The number of hydrogen-bond acceptors (Lipinski definition) is 2. The van der Waals surface area contributed by atoms with Crippen LogP contribution in [0.15, 0.2) is 67.0 Å². The van der Waals surface area contributed by atoms with E-state index in [0.717, 1.165) is 22.6 Å². The van der Waals surface area contributed by atoms with Gasteiger partial charge in [0, 0.05) is 30.0 Å². The van der Waals surface area contributed by atoms with Crippen molar-refractivity contribution in [1.82, 2.24) is 0 Å². The molecule has 0 aliphatic rings. The molecular formula is C18H15BrN2O. The molecule has 0 radical (unpaired) electrons. The Morgan fingerprint density at radius 2 is 1.82 bits per heavy atom. The van der Waals surface area contributed by atoms with Crippen molar-refractivity contribution in [2.24, 2.45) is 0 Å². The summed E-state index contributed by atoms with van der Waals surface area (Å²) in [6.07, 6.45) is 9.22. The molecule has 3 aromatic rings. The van der Waals surface area contributed by atoms with Crippen LogP contribution < -0.4 is 31.4 Å². The smallest absolute Gasteiger partial charge is 0.212 e. The monoisotopic (exact) mass is 354 g/mol. The summed E-state index contributed by atoms with van der Waals surface area (Å²) in [6, 6.07) is 18.0. The third-order valence-electron chi connectivity index (χ3n) is 3.11. The van der Waals surface area contributed by atoms with Gasteiger partial charge in [-0.2, -0.15) is 4.40 Å². The summed E-state index contributed by atoms with van der Waals surface area (Å²) in [6.45, 7) is 0.286. The first-order chi connectivity index (χ1) is 10.3. The number of benzene rings is 1. The number of aromatic nitrogens is 1. The van der Waals surface area contributed by atoms with Crippen LogP contribution in [0.25, 0.3) is 5.52 Å². The fraction of sp³-hybridized carbons (Fsp3) is 0.0556. The summed E-state index contributed by atoms with van der Waals surface area (Å²) in [7, 11) is 0. The van der Waals surface area contributed by atoms with E-state index >= 15 is 0 Å². The first-order valence-electron chi connectivity index (χ1n) is 6.68. The first kappa shape index (κ1) is 15.9. The second-order valence-corrected chi connectivity index (χ2v) is 4.59. The maximum atomic E-state index is 5.35. The third kappa shape index (κ3) is 3.78. The third-order valence-corrected chi connectivity index (χ3v) is 3.11. The predicted molar refractivity (Wildman–Crippen MR) is 83.7 cm³/mol. The maximum Gasteiger partial charge on any atom is 0.212 e. The SMILES string of the molecule is C#CCOc1ccc(Nc2cc[n+]3ccccc3c2)cc1.[Br-]. The molecule has 0 aliphatic carbocycles. The Labute approximate surface area is 140 Å². The molecular weight excluding hydrogens is 340 g/mol. The maximum absolute atomic E-state index is 5.35. The van der Waals surface area contributed by atoms with Crippen molar-refractivity contribution in [1.29, 1.82) is 0 Å². The topological polar surface area (TPSA) is 25.4 Å². The van der Waals surface area contributed by atoms with E-state index in [0.29, 0.717) is 0 Å². The molecule has 4 heteroatoms. The van der Waals surface area contributed by atoms with E-state index in [1.54, 1.807) is 0 Å².